The number of methoxy groups -OCH3 is 1. The fourth-order valence-corrected chi connectivity index (χ4v) is 2.06. The van der Waals surface area contributed by atoms with Crippen LogP contribution in [0.5, 0.6) is 0 Å². The van der Waals surface area contributed by atoms with Crippen LogP contribution >= 0.6 is 0 Å². The minimum absolute atomic E-state index is 0.0259. The Morgan fingerprint density at radius 2 is 1.89 bits per heavy atom. The third-order valence-corrected chi connectivity index (χ3v) is 3.39. The SMILES string of the molecule is COC1=NC(OS(=O)(=O)C(F)(F)F)c2ccccc21. The summed E-state index contributed by atoms with van der Waals surface area (Å²) in [6.45, 7) is 0. The van der Waals surface area contributed by atoms with Crippen LogP contribution in [0.2, 0.25) is 0 Å². The van der Waals surface area contributed by atoms with Crippen molar-refractivity contribution in [1.29, 1.82) is 0 Å². The van der Waals surface area contributed by atoms with E-state index in [2.05, 4.69) is 9.18 Å². The Hall–Kier alpha value is -1.61. The number of alkyl halides is 3. The van der Waals surface area contributed by atoms with Crippen molar-refractivity contribution in [1.82, 2.24) is 0 Å². The number of hydrogen-bond acceptors (Lipinski definition) is 5. The summed E-state index contributed by atoms with van der Waals surface area (Å²) in [7, 11) is -4.44. The predicted molar refractivity (Wildman–Crippen MR) is 58.8 cm³/mol. The summed E-state index contributed by atoms with van der Waals surface area (Å²) in [5.41, 5.74) is -4.90. The molecule has 0 aliphatic carbocycles. The Morgan fingerprint density at radius 1 is 1.26 bits per heavy atom. The molecule has 2 rings (SSSR count). The minimum atomic E-state index is -5.72. The van der Waals surface area contributed by atoms with Crippen LogP contribution in [0.3, 0.4) is 0 Å². The molecule has 1 aliphatic heterocycles. The van der Waals surface area contributed by atoms with Crippen molar-refractivity contribution in [3.63, 3.8) is 0 Å². The second-order valence-corrected chi connectivity index (χ2v) is 5.14. The van der Waals surface area contributed by atoms with Gasteiger partial charge in [-0.2, -0.15) is 21.6 Å². The van der Waals surface area contributed by atoms with Crippen molar-refractivity contribution in [2.45, 2.75) is 11.7 Å². The summed E-state index contributed by atoms with van der Waals surface area (Å²) in [5.74, 6) is 0.0259. The van der Waals surface area contributed by atoms with Crippen LogP contribution in [0, 0.1) is 0 Å². The van der Waals surface area contributed by atoms with E-state index in [4.69, 9.17) is 4.74 Å². The molecule has 1 aromatic carbocycles. The molecule has 0 amide bonds. The molecular formula is C10H8F3NO4S. The number of fused-ring (bicyclic) bond motifs is 1. The minimum Gasteiger partial charge on any atom is -0.481 e. The fourth-order valence-electron chi connectivity index (χ4n) is 1.56. The lowest BCUT2D eigenvalue weighted by Crippen LogP contribution is -2.26. The van der Waals surface area contributed by atoms with Gasteiger partial charge in [-0.1, -0.05) is 18.2 Å². The Balaban J connectivity index is 2.37. The number of nitrogens with zero attached hydrogens (tertiary/aromatic N) is 1. The number of aliphatic imine (C=N–C) groups is 1. The molecule has 0 fully saturated rings. The van der Waals surface area contributed by atoms with E-state index in [1.807, 2.05) is 0 Å². The lowest BCUT2D eigenvalue weighted by molar-refractivity contribution is -0.0571. The van der Waals surface area contributed by atoms with E-state index in [9.17, 15) is 21.6 Å². The van der Waals surface area contributed by atoms with Crippen molar-refractivity contribution < 1.29 is 30.5 Å². The first kappa shape index (κ1) is 13.8. The normalized spacial score (nSPS) is 18.9. The molecule has 0 N–H and O–H groups in total. The van der Waals surface area contributed by atoms with Crippen molar-refractivity contribution in [2.24, 2.45) is 4.99 Å². The maximum absolute atomic E-state index is 12.2. The molecular weight excluding hydrogens is 287 g/mol. The second-order valence-electron chi connectivity index (χ2n) is 3.57. The molecule has 1 aliphatic rings. The van der Waals surface area contributed by atoms with Crippen molar-refractivity contribution in [2.75, 3.05) is 7.11 Å². The average Bonchev–Trinajstić information content (AvgIpc) is 2.66. The number of ether oxygens (including phenoxy) is 1. The smallest absolute Gasteiger partial charge is 0.481 e. The van der Waals surface area contributed by atoms with E-state index in [0.29, 0.717) is 5.56 Å². The molecule has 0 saturated heterocycles. The fraction of sp³-hybridized carbons (Fsp3) is 0.300. The molecule has 9 heteroatoms. The van der Waals surface area contributed by atoms with E-state index < -0.39 is 21.9 Å². The predicted octanol–water partition coefficient (Wildman–Crippen LogP) is 1.96. The van der Waals surface area contributed by atoms with Gasteiger partial charge in [-0.15, -0.1) is 0 Å². The molecule has 1 heterocycles. The van der Waals surface area contributed by atoms with Crippen LogP contribution in [0.4, 0.5) is 13.2 Å². The molecule has 1 aromatic rings. The van der Waals surface area contributed by atoms with Crippen molar-refractivity contribution in [3.8, 4) is 0 Å². The monoisotopic (exact) mass is 295 g/mol. The summed E-state index contributed by atoms with van der Waals surface area (Å²) in [4.78, 5) is 3.67. The molecule has 0 aromatic heterocycles. The highest BCUT2D eigenvalue weighted by atomic mass is 32.2. The number of hydrogen-bond donors (Lipinski definition) is 0. The third-order valence-electron chi connectivity index (χ3n) is 2.39. The summed E-state index contributed by atoms with van der Waals surface area (Å²) < 4.78 is 67.6. The number of rotatable bonds is 2. The Morgan fingerprint density at radius 3 is 2.47 bits per heavy atom. The summed E-state index contributed by atoms with van der Waals surface area (Å²) >= 11 is 0. The van der Waals surface area contributed by atoms with E-state index in [0.717, 1.165) is 0 Å². The maximum atomic E-state index is 12.2. The van der Waals surface area contributed by atoms with Crippen molar-refractivity contribution >= 4 is 16.0 Å². The van der Waals surface area contributed by atoms with Crippen LogP contribution in [0.1, 0.15) is 17.4 Å². The summed E-state index contributed by atoms with van der Waals surface area (Å²) in [6.07, 6.45) is -1.59. The van der Waals surface area contributed by atoms with Gasteiger partial charge >= 0.3 is 15.6 Å². The molecule has 1 unspecified atom stereocenters. The highest BCUT2D eigenvalue weighted by Gasteiger charge is 2.49. The first-order valence-corrected chi connectivity index (χ1v) is 6.38. The van der Waals surface area contributed by atoms with E-state index >= 15 is 0 Å². The van der Waals surface area contributed by atoms with Crippen LogP contribution in [-0.4, -0.2) is 26.9 Å². The zero-order chi connectivity index (χ0) is 14.3. The first-order chi connectivity index (χ1) is 8.76. The van der Waals surface area contributed by atoms with Gasteiger partial charge in [0, 0.05) is 11.1 Å². The first-order valence-electron chi connectivity index (χ1n) is 4.97. The third kappa shape index (κ3) is 2.43. The van der Waals surface area contributed by atoms with Gasteiger partial charge in [0.25, 0.3) is 0 Å². The van der Waals surface area contributed by atoms with Gasteiger partial charge in [-0.3, -0.25) is 0 Å². The molecule has 104 valence electrons. The Kier molecular flexibility index (Phi) is 3.27. The van der Waals surface area contributed by atoms with E-state index in [1.165, 1.54) is 19.2 Å². The molecule has 0 saturated carbocycles. The maximum Gasteiger partial charge on any atom is 0.523 e. The van der Waals surface area contributed by atoms with Crippen LogP contribution in [0.25, 0.3) is 0 Å². The van der Waals surface area contributed by atoms with Gasteiger partial charge in [-0.05, 0) is 6.07 Å². The molecule has 19 heavy (non-hydrogen) atoms. The quantitative estimate of drug-likeness (QED) is 0.618. The highest BCUT2D eigenvalue weighted by Crippen LogP contribution is 2.35. The molecule has 0 radical (unpaired) electrons. The molecule has 5 nitrogen and oxygen atoms in total. The Labute approximate surface area is 106 Å². The van der Waals surface area contributed by atoms with Gasteiger partial charge in [0.1, 0.15) is 0 Å². The average molecular weight is 295 g/mol. The Bertz CT molecular complexity index is 624. The van der Waals surface area contributed by atoms with Gasteiger partial charge in [-0.25, -0.2) is 9.18 Å². The van der Waals surface area contributed by atoms with E-state index in [1.54, 1.807) is 12.1 Å². The zero-order valence-corrected chi connectivity index (χ0v) is 10.3. The van der Waals surface area contributed by atoms with Crippen LogP contribution < -0.4 is 0 Å². The second kappa shape index (κ2) is 4.49. The lowest BCUT2D eigenvalue weighted by atomic mass is 10.1. The van der Waals surface area contributed by atoms with E-state index in [-0.39, 0.29) is 11.5 Å². The summed E-state index contributed by atoms with van der Waals surface area (Å²) in [6, 6.07) is 6.11. The van der Waals surface area contributed by atoms with Gasteiger partial charge in [0.05, 0.1) is 7.11 Å². The standard InChI is InChI=1S/C10H8F3NO4S/c1-17-8-6-4-2-3-5-7(6)9(14-8)18-19(15,16)10(11,12)13/h2-5,9H,1H3. The topological polar surface area (TPSA) is 65.0 Å². The molecule has 0 bridgehead atoms. The number of halogens is 3. The van der Waals surface area contributed by atoms with Crippen LogP contribution in [-0.2, 0) is 19.0 Å². The largest absolute Gasteiger partial charge is 0.523 e. The number of benzene rings is 1. The van der Waals surface area contributed by atoms with Crippen molar-refractivity contribution in [3.05, 3.63) is 35.4 Å². The van der Waals surface area contributed by atoms with Gasteiger partial charge in [0.15, 0.2) is 6.23 Å². The summed E-state index contributed by atoms with van der Waals surface area (Å²) in [5, 5.41) is 0. The zero-order valence-electron chi connectivity index (χ0n) is 9.51. The van der Waals surface area contributed by atoms with Crippen LogP contribution in [0.15, 0.2) is 29.3 Å². The molecule has 0 spiro atoms. The molecule has 1 atom stereocenters. The van der Waals surface area contributed by atoms with Gasteiger partial charge < -0.3 is 4.74 Å². The highest BCUT2D eigenvalue weighted by molar-refractivity contribution is 7.87. The lowest BCUT2D eigenvalue weighted by Gasteiger charge is -2.12. The van der Waals surface area contributed by atoms with Gasteiger partial charge in [0.2, 0.25) is 5.90 Å².